The van der Waals surface area contributed by atoms with E-state index in [2.05, 4.69) is 61.6 Å². The van der Waals surface area contributed by atoms with Crippen molar-refractivity contribution < 1.29 is 4.43 Å². The zero-order valence-corrected chi connectivity index (χ0v) is 14.6. The van der Waals surface area contributed by atoms with E-state index in [1.165, 1.54) is 6.42 Å². The highest BCUT2D eigenvalue weighted by Gasteiger charge is 2.69. The lowest BCUT2D eigenvalue weighted by Crippen LogP contribution is -2.51. The minimum absolute atomic E-state index is 0.301. The molecule has 0 radical (unpaired) electrons. The second-order valence-corrected chi connectivity index (χ2v) is 12.9. The zero-order chi connectivity index (χ0) is 13.9. The molecule has 0 aliphatic heterocycles. The van der Waals surface area contributed by atoms with Crippen LogP contribution in [-0.2, 0) is 4.43 Å². The van der Waals surface area contributed by atoms with Crippen LogP contribution in [0.15, 0.2) is 0 Å². The maximum atomic E-state index is 5.99. The molecule has 0 bridgehead atoms. The van der Waals surface area contributed by atoms with Gasteiger partial charge >= 0.3 is 0 Å². The number of hydrogen-bond donors (Lipinski definition) is 0. The molecule has 0 saturated heterocycles. The normalized spacial score (nSPS) is 34.9. The minimum atomic E-state index is -1.68. The van der Waals surface area contributed by atoms with Gasteiger partial charge < -0.3 is 4.43 Å². The summed E-state index contributed by atoms with van der Waals surface area (Å²) in [6.07, 6.45) is 1.27. The highest BCUT2D eigenvalue weighted by Crippen LogP contribution is 2.76. The average Bonchev–Trinajstić information content (AvgIpc) is 2.24. The first-order valence-corrected chi connectivity index (χ1v) is 9.73. The maximum Gasteiger partial charge on any atom is 0.192 e. The minimum Gasteiger partial charge on any atom is -0.420 e. The van der Waals surface area contributed by atoms with Gasteiger partial charge in [0.1, 0.15) is 0 Å². The molecular formula is C15H32OSi. The number of hydrogen-bond acceptors (Lipinski definition) is 1. The third-order valence-corrected chi connectivity index (χ3v) is 11.7. The Balaban J connectivity index is 3.41. The van der Waals surface area contributed by atoms with Crippen LogP contribution in [0.1, 0.15) is 54.9 Å². The summed E-state index contributed by atoms with van der Waals surface area (Å²) in [5, 5.41) is 0.321. The Labute approximate surface area is 109 Å². The SMILES string of the molecule is CO[Si](C)(C)C1(C)CC(C)(C)C(C)(C)C1(C)C. The molecule has 0 aromatic heterocycles. The van der Waals surface area contributed by atoms with Crippen LogP contribution < -0.4 is 0 Å². The van der Waals surface area contributed by atoms with Crippen LogP contribution in [0.3, 0.4) is 0 Å². The Bertz CT molecular complexity index is 315. The fourth-order valence-electron chi connectivity index (χ4n) is 4.05. The van der Waals surface area contributed by atoms with Gasteiger partial charge in [0.2, 0.25) is 0 Å². The molecule has 0 amide bonds. The van der Waals surface area contributed by atoms with Crippen molar-refractivity contribution in [1.82, 2.24) is 0 Å². The molecule has 1 unspecified atom stereocenters. The summed E-state index contributed by atoms with van der Waals surface area (Å²) in [6.45, 7) is 21.9. The summed E-state index contributed by atoms with van der Waals surface area (Å²) in [5.41, 5.74) is 1.00. The molecule has 1 aliphatic rings. The van der Waals surface area contributed by atoms with Crippen LogP contribution in [0, 0.1) is 16.2 Å². The fraction of sp³-hybridized carbons (Fsp3) is 1.00. The van der Waals surface area contributed by atoms with E-state index in [1.807, 2.05) is 7.11 Å². The highest BCUT2D eigenvalue weighted by molar-refractivity contribution is 6.74. The summed E-state index contributed by atoms with van der Waals surface area (Å²) in [7, 11) is 0.227. The van der Waals surface area contributed by atoms with Gasteiger partial charge in [-0.05, 0) is 40.8 Å². The lowest BCUT2D eigenvalue weighted by atomic mass is 9.60. The van der Waals surface area contributed by atoms with Gasteiger partial charge in [-0.15, -0.1) is 0 Å². The molecule has 1 atom stereocenters. The summed E-state index contributed by atoms with van der Waals surface area (Å²) in [5.74, 6) is 0. The molecule has 0 aromatic carbocycles. The molecule has 1 rings (SSSR count). The molecule has 17 heavy (non-hydrogen) atoms. The molecule has 1 aliphatic carbocycles. The largest absolute Gasteiger partial charge is 0.420 e. The third kappa shape index (κ3) is 1.59. The second kappa shape index (κ2) is 3.60. The summed E-state index contributed by atoms with van der Waals surface area (Å²) in [6, 6.07) is 0. The highest BCUT2D eigenvalue weighted by atomic mass is 28.4. The Morgan fingerprint density at radius 3 is 1.47 bits per heavy atom. The van der Waals surface area contributed by atoms with Crippen molar-refractivity contribution in [2.45, 2.75) is 73.0 Å². The van der Waals surface area contributed by atoms with Crippen LogP contribution in [0.5, 0.6) is 0 Å². The van der Waals surface area contributed by atoms with E-state index >= 15 is 0 Å². The summed E-state index contributed by atoms with van der Waals surface area (Å²) >= 11 is 0. The quantitative estimate of drug-likeness (QED) is 0.626. The topological polar surface area (TPSA) is 9.23 Å². The van der Waals surface area contributed by atoms with Crippen molar-refractivity contribution in [3.63, 3.8) is 0 Å². The first-order chi connectivity index (χ1) is 7.27. The summed E-state index contributed by atoms with van der Waals surface area (Å²) in [4.78, 5) is 0. The zero-order valence-electron chi connectivity index (χ0n) is 13.6. The van der Waals surface area contributed by atoms with Crippen molar-refractivity contribution in [1.29, 1.82) is 0 Å². The van der Waals surface area contributed by atoms with Gasteiger partial charge in [0.05, 0.1) is 0 Å². The maximum absolute atomic E-state index is 5.99. The molecule has 0 aromatic rings. The van der Waals surface area contributed by atoms with E-state index in [-0.39, 0.29) is 0 Å². The predicted octanol–water partition coefficient (Wildman–Crippen LogP) is 5.08. The van der Waals surface area contributed by atoms with Gasteiger partial charge in [-0.1, -0.05) is 48.5 Å². The average molecular weight is 257 g/mol. The standard InChI is InChI=1S/C15H32OSi/c1-12(2)11-15(7,17(9,10)16-8)14(5,6)13(12,3)4/h11H2,1-10H3. The van der Waals surface area contributed by atoms with Crippen molar-refractivity contribution in [3.05, 3.63) is 0 Å². The van der Waals surface area contributed by atoms with E-state index < -0.39 is 8.32 Å². The van der Waals surface area contributed by atoms with E-state index in [0.29, 0.717) is 21.3 Å². The lowest BCUT2D eigenvalue weighted by Gasteiger charge is -2.52. The van der Waals surface area contributed by atoms with Crippen molar-refractivity contribution >= 4 is 8.32 Å². The van der Waals surface area contributed by atoms with Crippen LogP contribution in [0.2, 0.25) is 18.1 Å². The molecule has 1 fully saturated rings. The van der Waals surface area contributed by atoms with Gasteiger partial charge in [-0.25, -0.2) is 0 Å². The molecule has 0 N–H and O–H groups in total. The Hall–Kier alpha value is 0.177. The van der Waals surface area contributed by atoms with E-state index in [4.69, 9.17) is 4.43 Å². The van der Waals surface area contributed by atoms with E-state index in [1.54, 1.807) is 0 Å². The molecule has 1 nitrogen and oxygen atoms in total. The van der Waals surface area contributed by atoms with Crippen LogP contribution in [0.4, 0.5) is 0 Å². The van der Waals surface area contributed by atoms with E-state index in [0.717, 1.165) is 0 Å². The van der Waals surface area contributed by atoms with Crippen LogP contribution >= 0.6 is 0 Å². The molecule has 2 heteroatoms. The van der Waals surface area contributed by atoms with Gasteiger partial charge in [-0.3, -0.25) is 0 Å². The van der Waals surface area contributed by atoms with Crippen molar-refractivity contribution in [2.24, 2.45) is 16.2 Å². The van der Waals surface area contributed by atoms with Crippen molar-refractivity contribution in [2.75, 3.05) is 7.11 Å². The molecular weight excluding hydrogens is 224 g/mol. The smallest absolute Gasteiger partial charge is 0.192 e. The molecule has 0 spiro atoms. The third-order valence-electron chi connectivity index (χ3n) is 7.27. The monoisotopic (exact) mass is 256 g/mol. The number of rotatable bonds is 2. The van der Waals surface area contributed by atoms with Gasteiger partial charge in [0.15, 0.2) is 8.32 Å². The fourth-order valence-corrected chi connectivity index (χ4v) is 7.19. The van der Waals surface area contributed by atoms with Gasteiger partial charge in [0.25, 0.3) is 0 Å². The molecule has 1 saturated carbocycles. The van der Waals surface area contributed by atoms with Crippen LogP contribution in [0.25, 0.3) is 0 Å². The second-order valence-electron chi connectivity index (χ2n) is 8.36. The predicted molar refractivity (Wildman–Crippen MR) is 78.8 cm³/mol. The van der Waals surface area contributed by atoms with Gasteiger partial charge in [0, 0.05) is 7.11 Å². The van der Waals surface area contributed by atoms with Gasteiger partial charge in [-0.2, -0.15) is 0 Å². The Morgan fingerprint density at radius 1 is 0.824 bits per heavy atom. The lowest BCUT2D eigenvalue weighted by molar-refractivity contribution is 0.0390. The molecule has 0 heterocycles. The summed E-state index contributed by atoms with van der Waals surface area (Å²) < 4.78 is 5.99. The Kier molecular flexibility index (Phi) is 3.23. The van der Waals surface area contributed by atoms with Crippen LogP contribution in [-0.4, -0.2) is 15.4 Å². The van der Waals surface area contributed by atoms with E-state index in [9.17, 15) is 0 Å². The first-order valence-electron chi connectivity index (χ1n) is 6.82. The first kappa shape index (κ1) is 15.2. The van der Waals surface area contributed by atoms with Crippen molar-refractivity contribution in [3.8, 4) is 0 Å². The Morgan fingerprint density at radius 2 is 1.24 bits per heavy atom. The molecule has 102 valence electrons.